The Morgan fingerprint density at radius 2 is 1.91 bits per heavy atom. The molecule has 0 spiro atoms. The van der Waals surface area contributed by atoms with E-state index in [1.54, 1.807) is 47.4 Å². The Bertz CT molecular complexity index is 991. The summed E-state index contributed by atoms with van der Waals surface area (Å²) in [4.78, 5) is 38.5. The maximum absolute atomic E-state index is 12.4. The van der Waals surface area contributed by atoms with Crippen molar-refractivity contribution in [1.29, 1.82) is 0 Å². The lowest BCUT2D eigenvalue weighted by Crippen LogP contribution is -2.35. The van der Waals surface area contributed by atoms with Gasteiger partial charge in [-0.15, -0.1) is 0 Å². The summed E-state index contributed by atoms with van der Waals surface area (Å²) < 4.78 is 5.56. The molecule has 8 heteroatoms. The first-order chi connectivity index (χ1) is 15.2. The van der Waals surface area contributed by atoms with E-state index in [1.165, 1.54) is 0 Å². The summed E-state index contributed by atoms with van der Waals surface area (Å²) in [5, 5.41) is 6.25. The van der Waals surface area contributed by atoms with Crippen molar-refractivity contribution >= 4 is 40.7 Å². The third-order valence-corrected chi connectivity index (χ3v) is 5.65. The SMILES string of the molecule is Cc1c(Cl)cccc1NC(=O)COc1ccc(N2C[C@H](C(=O)NCC(C)C)CC2=O)cc1. The Hall–Kier alpha value is -3.06. The molecule has 0 aromatic heterocycles. The third-order valence-electron chi connectivity index (χ3n) is 5.24. The first-order valence-electron chi connectivity index (χ1n) is 10.6. The molecule has 0 unspecified atom stereocenters. The van der Waals surface area contributed by atoms with Crippen LogP contribution in [0.1, 0.15) is 25.8 Å². The molecule has 0 saturated carbocycles. The Morgan fingerprint density at radius 1 is 1.19 bits per heavy atom. The normalized spacial score (nSPS) is 15.7. The Balaban J connectivity index is 1.52. The van der Waals surface area contributed by atoms with E-state index in [4.69, 9.17) is 16.3 Å². The van der Waals surface area contributed by atoms with Crippen molar-refractivity contribution < 1.29 is 19.1 Å². The quantitative estimate of drug-likeness (QED) is 0.631. The number of amides is 3. The molecule has 1 heterocycles. The Morgan fingerprint density at radius 3 is 2.59 bits per heavy atom. The Labute approximate surface area is 193 Å². The fourth-order valence-corrected chi connectivity index (χ4v) is 3.56. The highest BCUT2D eigenvalue weighted by Crippen LogP contribution is 2.27. The number of rotatable bonds is 8. The van der Waals surface area contributed by atoms with Gasteiger partial charge in [-0.2, -0.15) is 0 Å². The number of anilines is 2. The maximum Gasteiger partial charge on any atom is 0.262 e. The van der Waals surface area contributed by atoms with Crippen molar-refractivity contribution in [2.24, 2.45) is 11.8 Å². The molecule has 1 atom stereocenters. The first kappa shape index (κ1) is 23.6. The second-order valence-corrected chi connectivity index (χ2v) is 8.69. The van der Waals surface area contributed by atoms with E-state index < -0.39 is 0 Å². The zero-order valence-corrected chi connectivity index (χ0v) is 19.2. The highest BCUT2D eigenvalue weighted by Gasteiger charge is 2.35. The van der Waals surface area contributed by atoms with Gasteiger partial charge in [0, 0.05) is 35.9 Å². The number of nitrogens with one attached hydrogen (secondary N) is 2. The zero-order valence-electron chi connectivity index (χ0n) is 18.5. The molecule has 2 aromatic rings. The van der Waals surface area contributed by atoms with Gasteiger partial charge in [-0.25, -0.2) is 0 Å². The summed E-state index contributed by atoms with van der Waals surface area (Å²) in [6, 6.07) is 12.2. The number of hydrogen-bond acceptors (Lipinski definition) is 4. The van der Waals surface area contributed by atoms with Gasteiger partial charge in [-0.05, 0) is 54.8 Å². The van der Waals surface area contributed by atoms with Gasteiger partial charge in [0.05, 0.1) is 5.92 Å². The minimum Gasteiger partial charge on any atom is -0.484 e. The first-order valence-corrected chi connectivity index (χ1v) is 11.0. The van der Waals surface area contributed by atoms with Crippen molar-refractivity contribution in [2.75, 3.05) is 29.9 Å². The molecular weight excluding hydrogens is 430 g/mol. The summed E-state index contributed by atoms with van der Waals surface area (Å²) in [6.07, 6.45) is 0.200. The van der Waals surface area contributed by atoms with Gasteiger partial charge in [-0.3, -0.25) is 14.4 Å². The summed E-state index contributed by atoms with van der Waals surface area (Å²) in [6.45, 7) is 6.67. The van der Waals surface area contributed by atoms with Gasteiger partial charge in [0.1, 0.15) is 5.75 Å². The highest BCUT2D eigenvalue weighted by molar-refractivity contribution is 6.31. The van der Waals surface area contributed by atoms with E-state index in [2.05, 4.69) is 10.6 Å². The molecule has 0 bridgehead atoms. The van der Waals surface area contributed by atoms with E-state index in [0.717, 1.165) is 5.56 Å². The standard InChI is InChI=1S/C24H28ClN3O4/c1-15(2)12-26-24(31)17-11-23(30)28(13-17)18-7-9-19(10-8-18)32-14-22(29)27-21-6-4-5-20(25)16(21)3/h4-10,15,17H,11-14H2,1-3H3,(H,26,31)(H,27,29)/t17-/m1/s1. The van der Waals surface area contributed by atoms with Crippen molar-refractivity contribution in [1.82, 2.24) is 5.32 Å². The van der Waals surface area contributed by atoms with Crippen LogP contribution in [0.2, 0.25) is 5.02 Å². The van der Waals surface area contributed by atoms with Crippen molar-refractivity contribution in [3.63, 3.8) is 0 Å². The van der Waals surface area contributed by atoms with Crippen LogP contribution in [-0.4, -0.2) is 37.4 Å². The predicted octanol–water partition coefficient (Wildman–Crippen LogP) is 3.79. The third kappa shape index (κ3) is 6.01. The van der Waals surface area contributed by atoms with E-state index in [-0.39, 0.29) is 36.7 Å². The smallest absolute Gasteiger partial charge is 0.262 e. The second kappa shape index (κ2) is 10.5. The molecule has 3 rings (SSSR count). The van der Waals surface area contributed by atoms with Crippen LogP contribution in [0.25, 0.3) is 0 Å². The molecule has 2 N–H and O–H groups in total. The van der Waals surface area contributed by atoms with E-state index in [9.17, 15) is 14.4 Å². The van der Waals surface area contributed by atoms with Gasteiger partial charge >= 0.3 is 0 Å². The van der Waals surface area contributed by atoms with Crippen LogP contribution in [0, 0.1) is 18.8 Å². The lowest BCUT2D eigenvalue weighted by Gasteiger charge is -2.17. The number of carbonyl (C=O) groups is 3. The van der Waals surface area contributed by atoms with Crippen molar-refractivity contribution in [3.8, 4) is 5.75 Å². The van der Waals surface area contributed by atoms with E-state index in [1.807, 2.05) is 20.8 Å². The summed E-state index contributed by atoms with van der Waals surface area (Å²) in [5.41, 5.74) is 2.12. The molecule has 7 nitrogen and oxygen atoms in total. The van der Waals surface area contributed by atoms with Crippen molar-refractivity contribution in [2.45, 2.75) is 27.2 Å². The van der Waals surface area contributed by atoms with Gasteiger partial charge in [-0.1, -0.05) is 31.5 Å². The van der Waals surface area contributed by atoms with Gasteiger partial charge < -0.3 is 20.3 Å². The molecule has 1 aliphatic rings. The molecule has 170 valence electrons. The summed E-state index contributed by atoms with van der Waals surface area (Å²) >= 11 is 6.07. The van der Waals surface area contributed by atoms with Crippen LogP contribution >= 0.6 is 11.6 Å². The van der Waals surface area contributed by atoms with E-state index in [0.29, 0.717) is 41.2 Å². The minimum absolute atomic E-state index is 0.0837. The van der Waals surface area contributed by atoms with Crippen LogP contribution in [-0.2, 0) is 14.4 Å². The van der Waals surface area contributed by atoms with Gasteiger partial charge in [0.25, 0.3) is 5.91 Å². The number of carbonyl (C=O) groups excluding carboxylic acids is 3. The average Bonchev–Trinajstić information content (AvgIpc) is 3.16. The van der Waals surface area contributed by atoms with Crippen LogP contribution in [0.4, 0.5) is 11.4 Å². The number of hydrogen-bond donors (Lipinski definition) is 2. The fraction of sp³-hybridized carbons (Fsp3) is 0.375. The summed E-state index contributed by atoms with van der Waals surface area (Å²) in [5.74, 6) is 0.0382. The predicted molar refractivity (Wildman–Crippen MR) is 125 cm³/mol. The average molecular weight is 458 g/mol. The van der Waals surface area contributed by atoms with E-state index >= 15 is 0 Å². The highest BCUT2D eigenvalue weighted by atomic mass is 35.5. The number of nitrogens with zero attached hydrogens (tertiary/aromatic N) is 1. The number of halogens is 1. The van der Waals surface area contributed by atoms with Gasteiger partial charge in [0.2, 0.25) is 11.8 Å². The van der Waals surface area contributed by atoms with Crippen molar-refractivity contribution in [3.05, 3.63) is 53.1 Å². The molecule has 1 saturated heterocycles. The van der Waals surface area contributed by atoms with Crippen LogP contribution in [0.5, 0.6) is 5.75 Å². The Kier molecular flexibility index (Phi) is 7.75. The summed E-state index contributed by atoms with van der Waals surface area (Å²) in [7, 11) is 0. The molecule has 1 aliphatic heterocycles. The molecule has 32 heavy (non-hydrogen) atoms. The number of ether oxygens (including phenoxy) is 1. The lowest BCUT2D eigenvalue weighted by atomic mass is 10.1. The molecule has 3 amide bonds. The zero-order chi connectivity index (χ0) is 23.3. The molecule has 1 fully saturated rings. The topological polar surface area (TPSA) is 87.7 Å². The minimum atomic E-state index is -0.351. The molecule has 0 aliphatic carbocycles. The monoisotopic (exact) mass is 457 g/mol. The maximum atomic E-state index is 12.4. The molecule has 0 radical (unpaired) electrons. The molecule has 2 aromatic carbocycles. The van der Waals surface area contributed by atoms with Crippen LogP contribution < -0.4 is 20.3 Å². The van der Waals surface area contributed by atoms with Crippen LogP contribution in [0.3, 0.4) is 0 Å². The fourth-order valence-electron chi connectivity index (χ4n) is 3.38. The molecular formula is C24H28ClN3O4. The lowest BCUT2D eigenvalue weighted by molar-refractivity contribution is -0.126. The largest absolute Gasteiger partial charge is 0.484 e. The second-order valence-electron chi connectivity index (χ2n) is 8.29. The number of benzene rings is 2. The van der Waals surface area contributed by atoms with Gasteiger partial charge in [0.15, 0.2) is 6.61 Å². The van der Waals surface area contributed by atoms with Crippen LogP contribution in [0.15, 0.2) is 42.5 Å².